The molecule has 0 bridgehead atoms. The molecule has 0 spiro atoms. The second kappa shape index (κ2) is 7.35. The van der Waals surface area contributed by atoms with Crippen LogP contribution in [0.1, 0.15) is 32.3 Å². The first kappa shape index (κ1) is 20.0. The highest BCUT2D eigenvalue weighted by Gasteiger charge is 2.39. The third kappa shape index (κ3) is 5.16. The van der Waals surface area contributed by atoms with Gasteiger partial charge in [-0.3, -0.25) is 0 Å². The van der Waals surface area contributed by atoms with Crippen LogP contribution < -0.4 is 10.8 Å². The molecule has 0 radical (unpaired) electrons. The summed E-state index contributed by atoms with van der Waals surface area (Å²) in [5.74, 6) is -0.535. The number of carbonyl (C=O) groups excluding carboxylic acids is 1. The van der Waals surface area contributed by atoms with Gasteiger partial charge in [0.25, 0.3) is 0 Å². The van der Waals surface area contributed by atoms with Gasteiger partial charge in [-0.15, -0.1) is 0 Å². The van der Waals surface area contributed by atoms with E-state index in [9.17, 15) is 18.0 Å². The maximum atomic E-state index is 12.5. The first-order chi connectivity index (χ1) is 12.5. The molecule has 148 valence electrons. The normalized spacial score (nSPS) is 22.4. The molecule has 5 nitrogen and oxygen atoms in total. The number of carbonyl (C=O) groups is 1. The summed E-state index contributed by atoms with van der Waals surface area (Å²) in [6.07, 6.45) is -4.68. The van der Waals surface area contributed by atoms with E-state index in [1.807, 2.05) is 26.8 Å². The van der Waals surface area contributed by atoms with E-state index in [4.69, 9.17) is 9.31 Å². The van der Waals surface area contributed by atoms with Gasteiger partial charge in [0.05, 0.1) is 12.2 Å². The smallest absolute Gasteiger partial charge is 0.404 e. The highest BCUT2D eigenvalue weighted by Crippen LogP contribution is 2.30. The summed E-state index contributed by atoms with van der Waals surface area (Å²) in [5.41, 5.74) is 1.99. The van der Waals surface area contributed by atoms with Crippen molar-refractivity contribution < 1.29 is 27.3 Å². The van der Waals surface area contributed by atoms with E-state index in [0.717, 1.165) is 11.0 Å². The van der Waals surface area contributed by atoms with Gasteiger partial charge in [-0.2, -0.15) is 13.2 Å². The average molecular weight is 384 g/mol. The minimum Gasteiger partial charge on any atom is -0.404 e. The Morgan fingerprint density at radius 2 is 2.15 bits per heavy atom. The summed E-state index contributed by atoms with van der Waals surface area (Å²) in [7, 11) is -0.500. The highest BCUT2D eigenvalue weighted by molar-refractivity contribution is 6.62. The number of amides is 2. The molecule has 2 fully saturated rings. The predicted molar refractivity (Wildman–Crippen MR) is 97.1 cm³/mol. The van der Waals surface area contributed by atoms with Crippen LogP contribution in [0.2, 0.25) is 0 Å². The number of urea groups is 1. The van der Waals surface area contributed by atoms with Gasteiger partial charge in [-0.25, -0.2) is 4.79 Å². The van der Waals surface area contributed by atoms with Crippen molar-refractivity contribution in [2.75, 3.05) is 25.0 Å². The lowest BCUT2D eigenvalue weighted by molar-refractivity contribution is -0.143. The molecule has 2 aliphatic heterocycles. The molecular weight excluding hydrogens is 360 g/mol. The van der Waals surface area contributed by atoms with E-state index in [2.05, 4.69) is 5.32 Å². The van der Waals surface area contributed by atoms with E-state index in [1.165, 1.54) is 4.90 Å². The molecule has 2 heterocycles. The summed E-state index contributed by atoms with van der Waals surface area (Å²) < 4.78 is 49.2. The number of nitrogens with one attached hydrogen (secondary N) is 1. The number of hydrogen-bond donors (Lipinski definition) is 1. The molecule has 9 heteroatoms. The van der Waals surface area contributed by atoms with Crippen LogP contribution in [0.4, 0.5) is 23.7 Å². The Morgan fingerprint density at radius 3 is 2.78 bits per heavy atom. The highest BCUT2D eigenvalue weighted by atomic mass is 19.4. The van der Waals surface area contributed by atoms with Crippen molar-refractivity contribution in [1.82, 2.24) is 4.90 Å². The zero-order chi connectivity index (χ0) is 19.8. The topological polar surface area (TPSA) is 50.8 Å². The fourth-order valence-electron chi connectivity index (χ4n) is 3.47. The fraction of sp³-hybridized carbons (Fsp3) is 0.611. The van der Waals surface area contributed by atoms with Crippen molar-refractivity contribution in [3.05, 3.63) is 23.8 Å². The minimum atomic E-state index is -4.20. The number of halogens is 3. The number of likely N-dealkylation sites (tertiary alicyclic amines) is 1. The van der Waals surface area contributed by atoms with Gasteiger partial charge in [-0.05, 0) is 50.7 Å². The molecule has 2 saturated heterocycles. The Labute approximate surface area is 157 Å². The quantitative estimate of drug-likeness (QED) is 0.814. The maximum Gasteiger partial charge on any atom is 0.494 e. The fourth-order valence-corrected chi connectivity index (χ4v) is 3.47. The summed E-state index contributed by atoms with van der Waals surface area (Å²) in [6.45, 7) is 6.74. The zero-order valence-corrected chi connectivity index (χ0v) is 15.7. The number of anilines is 1. The van der Waals surface area contributed by atoms with Crippen LogP contribution in [0, 0.1) is 12.8 Å². The van der Waals surface area contributed by atoms with Crippen molar-refractivity contribution >= 4 is 24.3 Å². The molecule has 2 aliphatic rings. The lowest BCUT2D eigenvalue weighted by Gasteiger charge is -2.19. The van der Waals surface area contributed by atoms with Gasteiger partial charge in [0.15, 0.2) is 0 Å². The summed E-state index contributed by atoms with van der Waals surface area (Å²) in [6, 6.07) is 5.03. The molecule has 2 amide bonds. The van der Waals surface area contributed by atoms with Gasteiger partial charge >= 0.3 is 19.3 Å². The Kier molecular flexibility index (Phi) is 5.45. The molecule has 1 atom stereocenters. The lowest BCUT2D eigenvalue weighted by Crippen LogP contribution is -2.37. The van der Waals surface area contributed by atoms with E-state index >= 15 is 0 Å². The third-order valence-electron chi connectivity index (χ3n) is 4.89. The van der Waals surface area contributed by atoms with Crippen LogP contribution in [0.3, 0.4) is 0 Å². The molecule has 3 rings (SSSR count). The average Bonchev–Trinajstić information content (AvgIpc) is 3.14. The molecular formula is C18H24BF3N2O3. The van der Waals surface area contributed by atoms with Crippen molar-refractivity contribution in [3.8, 4) is 0 Å². The number of rotatable bonds is 3. The number of aryl methyl sites for hydroxylation is 1. The van der Waals surface area contributed by atoms with Gasteiger partial charge in [0, 0.05) is 25.2 Å². The molecule has 0 saturated carbocycles. The summed E-state index contributed by atoms with van der Waals surface area (Å²) >= 11 is 0. The van der Waals surface area contributed by atoms with E-state index in [1.54, 1.807) is 12.1 Å². The van der Waals surface area contributed by atoms with Crippen molar-refractivity contribution in [3.63, 3.8) is 0 Å². The van der Waals surface area contributed by atoms with Gasteiger partial charge < -0.3 is 19.5 Å². The molecule has 0 aliphatic carbocycles. The number of nitrogens with zero attached hydrogens (tertiary/aromatic N) is 1. The van der Waals surface area contributed by atoms with Gasteiger partial charge in [0.1, 0.15) is 0 Å². The van der Waals surface area contributed by atoms with E-state index < -0.39 is 25.6 Å². The lowest BCUT2D eigenvalue weighted by atomic mass is 9.76. The maximum absolute atomic E-state index is 12.5. The molecule has 27 heavy (non-hydrogen) atoms. The van der Waals surface area contributed by atoms with Crippen molar-refractivity contribution in [2.45, 2.75) is 45.4 Å². The van der Waals surface area contributed by atoms with Crippen LogP contribution in [-0.4, -0.2) is 49.5 Å². The zero-order valence-electron chi connectivity index (χ0n) is 15.7. The van der Waals surface area contributed by atoms with Crippen LogP contribution in [0.15, 0.2) is 18.2 Å². The second-order valence-electron chi connectivity index (χ2n) is 7.94. The van der Waals surface area contributed by atoms with Crippen LogP contribution in [0.5, 0.6) is 0 Å². The Bertz CT molecular complexity index is 712. The Morgan fingerprint density at radius 1 is 1.41 bits per heavy atom. The molecule has 1 N–H and O–H groups in total. The van der Waals surface area contributed by atoms with Crippen molar-refractivity contribution in [2.24, 2.45) is 5.92 Å². The third-order valence-corrected chi connectivity index (χ3v) is 4.89. The second-order valence-corrected chi connectivity index (χ2v) is 7.94. The first-order valence-corrected chi connectivity index (χ1v) is 9.05. The largest absolute Gasteiger partial charge is 0.494 e. The molecule has 1 aromatic carbocycles. The van der Waals surface area contributed by atoms with E-state index in [0.29, 0.717) is 25.3 Å². The number of hydrogen-bond acceptors (Lipinski definition) is 3. The van der Waals surface area contributed by atoms with Crippen molar-refractivity contribution in [1.29, 1.82) is 0 Å². The standard InChI is InChI=1S/C18H24BF3N2O3/c1-12-4-5-14(8-15(12)19-26-11-17(2,3)27-19)23-16(25)24-7-6-13(10-24)9-18(20,21)22/h4-5,8,13H,6-7,9-11H2,1-3H3,(H,23,25)/t13-/m0/s1. The summed E-state index contributed by atoms with van der Waals surface area (Å²) in [4.78, 5) is 13.8. The van der Waals surface area contributed by atoms with Crippen LogP contribution >= 0.6 is 0 Å². The monoisotopic (exact) mass is 384 g/mol. The molecule has 0 unspecified atom stereocenters. The molecule has 0 aromatic heterocycles. The van der Waals surface area contributed by atoms with Crippen LogP contribution in [0.25, 0.3) is 0 Å². The van der Waals surface area contributed by atoms with Crippen LogP contribution in [-0.2, 0) is 9.31 Å². The number of alkyl halides is 3. The molecule has 1 aromatic rings. The SMILES string of the molecule is Cc1ccc(NC(=O)N2CC[C@@H](CC(F)(F)F)C2)cc1B1OCC(C)(C)O1. The van der Waals surface area contributed by atoms with Gasteiger partial charge in [-0.1, -0.05) is 11.6 Å². The first-order valence-electron chi connectivity index (χ1n) is 9.05. The Balaban J connectivity index is 1.63. The van der Waals surface area contributed by atoms with Gasteiger partial charge in [0.2, 0.25) is 0 Å². The van der Waals surface area contributed by atoms with E-state index in [-0.39, 0.29) is 18.2 Å². The summed E-state index contributed by atoms with van der Waals surface area (Å²) in [5, 5.41) is 2.77. The predicted octanol–water partition coefficient (Wildman–Crippen LogP) is 3.32. The number of benzene rings is 1. The Hall–Kier alpha value is -1.74. The minimum absolute atomic E-state index is 0.118.